The van der Waals surface area contributed by atoms with E-state index < -0.39 is 35.8 Å². The first-order valence-corrected chi connectivity index (χ1v) is 4.93. The normalized spacial score (nSPS) is 14.6. The van der Waals surface area contributed by atoms with Gasteiger partial charge in [-0.2, -0.15) is 26.3 Å². The van der Waals surface area contributed by atoms with E-state index in [1.807, 2.05) is 0 Å². The molecule has 108 valence electrons. The molecule has 0 radical (unpaired) electrons. The summed E-state index contributed by atoms with van der Waals surface area (Å²) < 4.78 is 78.8. The summed E-state index contributed by atoms with van der Waals surface area (Å²) in [7, 11) is 0. The molecule has 0 aromatic heterocycles. The molecule has 0 bridgehead atoms. The van der Waals surface area contributed by atoms with Crippen molar-refractivity contribution in [1.82, 2.24) is 0 Å². The third kappa shape index (κ3) is 3.52. The molecule has 0 N–H and O–H groups in total. The number of ether oxygens (including phenoxy) is 1. The van der Waals surface area contributed by atoms with Crippen LogP contribution in [-0.4, -0.2) is 24.9 Å². The second kappa shape index (κ2) is 4.62. The molecule has 0 atom stereocenters. The van der Waals surface area contributed by atoms with E-state index >= 15 is 0 Å². The molecule has 0 aromatic carbocycles. The average molecular weight is 280 g/mol. The quantitative estimate of drug-likeness (QED) is 0.569. The van der Waals surface area contributed by atoms with Crippen molar-refractivity contribution in [3.05, 3.63) is 0 Å². The molecule has 0 unspecified atom stereocenters. The van der Waals surface area contributed by atoms with Gasteiger partial charge in [0.05, 0.1) is 5.41 Å². The van der Waals surface area contributed by atoms with Gasteiger partial charge in [-0.25, -0.2) is 0 Å². The van der Waals surface area contributed by atoms with E-state index in [-0.39, 0.29) is 6.92 Å². The van der Waals surface area contributed by atoms with Crippen molar-refractivity contribution in [3.8, 4) is 0 Å². The molecule has 0 aliphatic heterocycles. The van der Waals surface area contributed by atoms with E-state index in [0.717, 1.165) is 0 Å². The van der Waals surface area contributed by atoms with Crippen LogP contribution >= 0.6 is 0 Å². The molecule has 18 heavy (non-hydrogen) atoms. The number of hydrogen-bond donors (Lipinski definition) is 0. The van der Waals surface area contributed by atoms with Gasteiger partial charge in [-0.1, -0.05) is 0 Å². The summed E-state index contributed by atoms with van der Waals surface area (Å²) in [6.07, 6.45) is -11.1. The van der Waals surface area contributed by atoms with Crippen molar-refractivity contribution < 1.29 is 35.9 Å². The molecule has 8 heteroatoms. The lowest BCUT2D eigenvalue weighted by atomic mass is 9.89. The van der Waals surface area contributed by atoms with E-state index in [0.29, 0.717) is 0 Å². The van der Waals surface area contributed by atoms with Gasteiger partial charge in [0.1, 0.15) is 6.61 Å². The highest BCUT2D eigenvalue weighted by molar-refractivity contribution is 5.75. The molecule has 0 aliphatic carbocycles. The summed E-state index contributed by atoms with van der Waals surface area (Å²) in [4.78, 5) is 11.2. The molecule has 0 saturated heterocycles. The van der Waals surface area contributed by atoms with Crippen molar-refractivity contribution in [2.75, 3.05) is 6.61 Å². The third-order valence-electron chi connectivity index (χ3n) is 2.36. The Balaban J connectivity index is 5.04. The lowest BCUT2D eigenvalue weighted by Crippen LogP contribution is -2.51. The highest BCUT2D eigenvalue weighted by Gasteiger charge is 2.68. The summed E-state index contributed by atoms with van der Waals surface area (Å²) in [5.74, 6) is -1.12. The maximum Gasteiger partial charge on any atom is 0.406 e. The number of alkyl halides is 6. The monoisotopic (exact) mass is 280 g/mol. The van der Waals surface area contributed by atoms with E-state index in [2.05, 4.69) is 4.74 Å². The number of hydrogen-bond acceptors (Lipinski definition) is 2. The minimum Gasteiger partial charge on any atom is -0.464 e. The number of rotatable bonds is 2. The first kappa shape index (κ1) is 17.1. The zero-order chi connectivity index (χ0) is 15.0. The minimum atomic E-state index is -5.55. The van der Waals surface area contributed by atoms with Gasteiger partial charge in [0.25, 0.3) is 0 Å². The van der Waals surface area contributed by atoms with Crippen LogP contribution in [0.15, 0.2) is 0 Å². The Morgan fingerprint density at radius 2 is 1.22 bits per heavy atom. The highest BCUT2D eigenvalue weighted by Crippen LogP contribution is 2.50. The molecular weight excluding hydrogens is 266 g/mol. The van der Waals surface area contributed by atoms with Crippen molar-refractivity contribution in [1.29, 1.82) is 0 Å². The predicted molar refractivity (Wildman–Crippen MR) is 50.6 cm³/mol. The van der Waals surface area contributed by atoms with E-state index in [1.165, 1.54) is 20.8 Å². The van der Waals surface area contributed by atoms with Gasteiger partial charge in [0.15, 0.2) is 5.41 Å². The fraction of sp³-hybridized carbons (Fsp3) is 0.900. The van der Waals surface area contributed by atoms with Gasteiger partial charge in [0.2, 0.25) is 0 Å². The van der Waals surface area contributed by atoms with Gasteiger partial charge < -0.3 is 4.74 Å². The van der Waals surface area contributed by atoms with Crippen LogP contribution in [0.4, 0.5) is 26.3 Å². The summed E-state index contributed by atoms with van der Waals surface area (Å²) >= 11 is 0. The Bertz CT molecular complexity index is 296. The maximum absolute atomic E-state index is 12.4. The maximum atomic E-state index is 12.4. The van der Waals surface area contributed by atoms with Crippen LogP contribution in [0.2, 0.25) is 0 Å². The Morgan fingerprint density at radius 1 is 0.889 bits per heavy atom. The predicted octanol–water partition coefficient (Wildman–Crippen LogP) is 3.71. The molecule has 0 saturated carbocycles. The van der Waals surface area contributed by atoms with E-state index in [9.17, 15) is 31.1 Å². The molecule has 0 heterocycles. The van der Waals surface area contributed by atoms with Crippen molar-refractivity contribution in [2.24, 2.45) is 10.8 Å². The summed E-state index contributed by atoms with van der Waals surface area (Å²) in [5.41, 5.74) is -5.24. The number of carbonyl (C=O) groups excluding carboxylic acids is 1. The van der Waals surface area contributed by atoms with Crippen LogP contribution in [0.1, 0.15) is 27.7 Å². The van der Waals surface area contributed by atoms with Gasteiger partial charge in [-0.05, 0) is 27.7 Å². The van der Waals surface area contributed by atoms with Gasteiger partial charge >= 0.3 is 18.3 Å². The van der Waals surface area contributed by atoms with Gasteiger partial charge in [-0.3, -0.25) is 4.79 Å². The number of esters is 1. The Morgan fingerprint density at radius 3 is 1.44 bits per heavy atom. The van der Waals surface area contributed by atoms with Gasteiger partial charge in [-0.15, -0.1) is 0 Å². The Kier molecular flexibility index (Phi) is 4.38. The third-order valence-corrected chi connectivity index (χ3v) is 2.36. The van der Waals surface area contributed by atoms with Gasteiger partial charge in [0, 0.05) is 0 Å². The van der Waals surface area contributed by atoms with Crippen LogP contribution in [0.25, 0.3) is 0 Å². The number of halogens is 6. The second-order valence-corrected chi connectivity index (χ2v) is 5.15. The van der Waals surface area contributed by atoms with Crippen LogP contribution < -0.4 is 0 Å². The standard InChI is InChI=1S/C10H14F6O2/c1-7(2,3)6(17)18-5-8(4,9(11,12)13)10(14,15)16/h5H2,1-4H3. The van der Waals surface area contributed by atoms with E-state index in [1.54, 1.807) is 0 Å². The van der Waals surface area contributed by atoms with Crippen LogP contribution in [0.3, 0.4) is 0 Å². The molecule has 2 nitrogen and oxygen atoms in total. The smallest absolute Gasteiger partial charge is 0.406 e. The van der Waals surface area contributed by atoms with Crippen LogP contribution in [-0.2, 0) is 9.53 Å². The lowest BCUT2D eigenvalue weighted by molar-refractivity contribution is -0.343. The topological polar surface area (TPSA) is 26.3 Å². The fourth-order valence-electron chi connectivity index (χ4n) is 0.751. The zero-order valence-electron chi connectivity index (χ0n) is 10.3. The molecule has 0 rings (SSSR count). The average Bonchev–Trinajstić information content (AvgIpc) is 2.07. The van der Waals surface area contributed by atoms with Crippen LogP contribution in [0.5, 0.6) is 0 Å². The van der Waals surface area contributed by atoms with Crippen molar-refractivity contribution in [2.45, 2.75) is 40.0 Å². The fourth-order valence-corrected chi connectivity index (χ4v) is 0.751. The molecule has 0 amide bonds. The summed E-state index contributed by atoms with van der Waals surface area (Å²) in [5, 5.41) is 0. The highest BCUT2D eigenvalue weighted by atomic mass is 19.4. The molecule has 0 aromatic rings. The van der Waals surface area contributed by atoms with E-state index in [4.69, 9.17) is 0 Å². The summed E-state index contributed by atoms with van der Waals surface area (Å²) in [6, 6.07) is 0. The number of carbonyl (C=O) groups is 1. The van der Waals surface area contributed by atoms with Crippen LogP contribution in [0, 0.1) is 10.8 Å². The Labute approximate surface area is 100 Å². The largest absolute Gasteiger partial charge is 0.464 e. The minimum absolute atomic E-state index is 0.0387. The second-order valence-electron chi connectivity index (χ2n) is 5.15. The first-order chi connectivity index (χ1) is 7.63. The molecule has 0 aliphatic rings. The van der Waals surface area contributed by atoms with Crippen molar-refractivity contribution >= 4 is 5.97 Å². The summed E-state index contributed by atoms with van der Waals surface area (Å²) in [6.45, 7) is 2.16. The first-order valence-electron chi connectivity index (χ1n) is 4.93. The Hall–Kier alpha value is -0.950. The zero-order valence-corrected chi connectivity index (χ0v) is 10.3. The SMILES string of the molecule is CC(C)(C)C(=O)OCC(C)(C(F)(F)F)C(F)(F)F. The molecule has 0 spiro atoms. The van der Waals surface area contributed by atoms with Crippen molar-refractivity contribution in [3.63, 3.8) is 0 Å². The molecule has 0 fully saturated rings. The lowest BCUT2D eigenvalue weighted by Gasteiger charge is -2.33. The molecular formula is C10H14F6O2.